The number of hydrogen-bond acceptors (Lipinski definition) is 6. The van der Waals surface area contributed by atoms with E-state index in [9.17, 15) is 0 Å². The Kier molecular flexibility index (Phi) is 4.03. The average Bonchev–Trinajstić information content (AvgIpc) is 2.87. The molecule has 1 unspecified atom stereocenters. The maximum atomic E-state index is 5.37. The van der Waals surface area contributed by atoms with Gasteiger partial charge in [-0.2, -0.15) is 16.7 Å². The van der Waals surface area contributed by atoms with Crippen LogP contribution in [0.3, 0.4) is 0 Å². The second-order valence-corrected chi connectivity index (χ2v) is 6.23. The summed E-state index contributed by atoms with van der Waals surface area (Å²) in [6, 6.07) is 4.40. The van der Waals surface area contributed by atoms with E-state index in [0.717, 1.165) is 35.7 Å². The second kappa shape index (κ2) is 5.93. The van der Waals surface area contributed by atoms with Crippen molar-refractivity contribution in [3.8, 4) is 11.4 Å². The van der Waals surface area contributed by atoms with Crippen molar-refractivity contribution in [1.29, 1.82) is 0 Å². The van der Waals surface area contributed by atoms with Crippen LogP contribution in [0.25, 0.3) is 11.4 Å². The van der Waals surface area contributed by atoms with Crippen LogP contribution in [0.5, 0.6) is 0 Å². The molecular weight excluding hydrogens is 272 g/mol. The Morgan fingerprint density at radius 1 is 1.30 bits per heavy atom. The van der Waals surface area contributed by atoms with Gasteiger partial charge < -0.3 is 9.84 Å². The molecule has 106 valence electrons. The molecule has 1 fully saturated rings. The molecule has 2 aromatic heterocycles. The van der Waals surface area contributed by atoms with Gasteiger partial charge in [0.15, 0.2) is 0 Å². The van der Waals surface area contributed by atoms with Gasteiger partial charge in [0.05, 0.1) is 0 Å². The number of rotatable bonds is 3. The van der Waals surface area contributed by atoms with Gasteiger partial charge in [0, 0.05) is 47.5 Å². The Hall–Kier alpha value is -1.40. The molecule has 5 nitrogen and oxygen atoms in total. The van der Waals surface area contributed by atoms with Gasteiger partial charge in [-0.25, -0.2) is 0 Å². The fraction of sp³-hybridized carbons (Fsp3) is 0.500. The molecule has 0 saturated carbocycles. The van der Waals surface area contributed by atoms with Gasteiger partial charge in [-0.15, -0.1) is 0 Å². The van der Waals surface area contributed by atoms with Crippen molar-refractivity contribution < 1.29 is 4.52 Å². The Morgan fingerprint density at radius 2 is 2.10 bits per heavy atom. The quantitative estimate of drug-likeness (QED) is 0.932. The summed E-state index contributed by atoms with van der Waals surface area (Å²) in [5.74, 6) is 3.64. The van der Waals surface area contributed by atoms with E-state index in [0.29, 0.717) is 17.8 Å². The molecule has 0 aromatic carbocycles. The molecule has 0 aliphatic carbocycles. The van der Waals surface area contributed by atoms with Crippen LogP contribution in [0, 0.1) is 13.8 Å². The molecule has 3 rings (SSSR count). The monoisotopic (exact) mass is 290 g/mol. The SMILES string of the molecule is Cc1cc(-c2noc(CC3CSCCN3)n2)cc(C)n1. The number of hydrogen-bond donors (Lipinski definition) is 1. The van der Waals surface area contributed by atoms with Crippen molar-refractivity contribution in [3.63, 3.8) is 0 Å². The van der Waals surface area contributed by atoms with Crippen LogP contribution in [0.2, 0.25) is 0 Å². The molecule has 20 heavy (non-hydrogen) atoms. The number of nitrogens with one attached hydrogen (secondary N) is 1. The highest BCUT2D eigenvalue weighted by Gasteiger charge is 2.17. The summed E-state index contributed by atoms with van der Waals surface area (Å²) < 4.78 is 5.37. The zero-order valence-corrected chi connectivity index (χ0v) is 12.5. The lowest BCUT2D eigenvalue weighted by Gasteiger charge is -2.21. The van der Waals surface area contributed by atoms with Crippen molar-refractivity contribution in [2.75, 3.05) is 18.1 Å². The van der Waals surface area contributed by atoms with Crippen LogP contribution >= 0.6 is 11.8 Å². The van der Waals surface area contributed by atoms with Gasteiger partial charge >= 0.3 is 0 Å². The molecule has 6 heteroatoms. The van der Waals surface area contributed by atoms with E-state index in [1.54, 1.807) is 0 Å². The molecule has 1 aliphatic rings. The fourth-order valence-corrected chi connectivity index (χ4v) is 3.33. The highest BCUT2D eigenvalue weighted by molar-refractivity contribution is 7.99. The van der Waals surface area contributed by atoms with Crippen molar-refractivity contribution in [3.05, 3.63) is 29.4 Å². The third-order valence-electron chi connectivity index (χ3n) is 3.23. The highest BCUT2D eigenvalue weighted by atomic mass is 32.2. The first-order valence-electron chi connectivity index (χ1n) is 6.80. The van der Waals surface area contributed by atoms with Crippen LogP contribution in [-0.4, -0.2) is 39.2 Å². The standard InChI is InChI=1S/C14H18N4OS/c1-9-5-11(6-10(2)16-9)14-17-13(19-18-14)7-12-8-20-4-3-15-12/h5-6,12,15H,3-4,7-8H2,1-2H3. The Balaban J connectivity index is 1.75. The number of nitrogens with zero attached hydrogens (tertiary/aromatic N) is 3. The Morgan fingerprint density at radius 3 is 2.80 bits per heavy atom. The van der Waals surface area contributed by atoms with E-state index >= 15 is 0 Å². The molecule has 1 aliphatic heterocycles. The summed E-state index contributed by atoms with van der Waals surface area (Å²) in [4.78, 5) is 8.86. The molecule has 0 spiro atoms. The van der Waals surface area contributed by atoms with E-state index in [1.165, 1.54) is 5.75 Å². The summed E-state index contributed by atoms with van der Waals surface area (Å²) in [6.45, 7) is 5.00. The average molecular weight is 290 g/mol. The largest absolute Gasteiger partial charge is 0.339 e. The summed E-state index contributed by atoms with van der Waals surface area (Å²) in [5.41, 5.74) is 2.91. The number of aryl methyl sites for hydroxylation is 2. The van der Waals surface area contributed by atoms with Crippen molar-refractivity contribution in [2.24, 2.45) is 0 Å². The summed E-state index contributed by atoms with van der Waals surface area (Å²) in [5, 5.41) is 7.56. The predicted octanol–water partition coefficient (Wildman–Crippen LogP) is 2.00. The van der Waals surface area contributed by atoms with Gasteiger partial charge in [0.2, 0.25) is 11.7 Å². The number of thioether (sulfide) groups is 1. The van der Waals surface area contributed by atoms with Crippen LogP contribution in [0.15, 0.2) is 16.7 Å². The Labute approximate surface area is 122 Å². The normalized spacial score (nSPS) is 19.2. The smallest absolute Gasteiger partial charge is 0.228 e. The van der Waals surface area contributed by atoms with E-state index in [-0.39, 0.29) is 0 Å². The first-order valence-corrected chi connectivity index (χ1v) is 7.95. The lowest BCUT2D eigenvalue weighted by Crippen LogP contribution is -2.38. The summed E-state index contributed by atoms with van der Waals surface area (Å²) >= 11 is 1.97. The summed E-state index contributed by atoms with van der Waals surface area (Å²) in [7, 11) is 0. The zero-order chi connectivity index (χ0) is 13.9. The fourth-order valence-electron chi connectivity index (χ4n) is 2.38. The van der Waals surface area contributed by atoms with Crippen LogP contribution in [0.4, 0.5) is 0 Å². The molecule has 0 bridgehead atoms. The van der Waals surface area contributed by atoms with Gasteiger partial charge in [-0.3, -0.25) is 4.98 Å². The molecule has 2 aromatic rings. The minimum atomic E-state index is 0.433. The number of pyridine rings is 1. The first-order chi connectivity index (χ1) is 9.70. The molecule has 3 heterocycles. The maximum absolute atomic E-state index is 5.37. The van der Waals surface area contributed by atoms with Gasteiger partial charge in [0.25, 0.3) is 0 Å². The first kappa shape index (κ1) is 13.6. The molecular formula is C14H18N4OS. The van der Waals surface area contributed by atoms with Crippen LogP contribution in [0.1, 0.15) is 17.3 Å². The topological polar surface area (TPSA) is 63.8 Å². The maximum Gasteiger partial charge on any atom is 0.228 e. The molecule has 0 amide bonds. The summed E-state index contributed by atoms with van der Waals surface area (Å²) in [6.07, 6.45) is 0.795. The van der Waals surface area contributed by atoms with Crippen LogP contribution in [-0.2, 0) is 6.42 Å². The van der Waals surface area contributed by atoms with E-state index in [2.05, 4.69) is 20.4 Å². The van der Waals surface area contributed by atoms with Crippen molar-refractivity contribution in [1.82, 2.24) is 20.4 Å². The van der Waals surface area contributed by atoms with Gasteiger partial charge in [-0.05, 0) is 26.0 Å². The van der Waals surface area contributed by atoms with Crippen LogP contribution < -0.4 is 5.32 Å². The van der Waals surface area contributed by atoms with Crippen molar-refractivity contribution >= 4 is 11.8 Å². The Bertz CT molecular complexity index is 572. The molecule has 0 radical (unpaired) electrons. The minimum Gasteiger partial charge on any atom is -0.339 e. The zero-order valence-electron chi connectivity index (χ0n) is 11.7. The van der Waals surface area contributed by atoms with Gasteiger partial charge in [0.1, 0.15) is 0 Å². The van der Waals surface area contributed by atoms with E-state index in [4.69, 9.17) is 4.52 Å². The number of aromatic nitrogens is 3. The lowest BCUT2D eigenvalue weighted by atomic mass is 10.2. The van der Waals surface area contributed by atoms with E-state index in [1.807, 2.05) is 37.7 Å². The van der Waals surface area contributed by atoms with Crippen molar-refractivity contribution in [2.45, 2.75) is 26.3 Å². The van der Waals surface area contributed by atoms with E-state index < -0.39 is 0 Å². The lowest BCUT2D eigenvalue weighted by molar-refractivity contribution is 0.363. The third-order valence-corrected chi connectivity index (χ3v) is 4.36. The minimum absolute atomic E-state index is 0.433. The third kappa shape index (κ3) is 3.19. The predicted molar refractivity (Wildman–Crippen MR) is 79.8 cm³/mol. The molecule has 1 atom stereocenters. The van der Waals surface area contributed by atoms with Gasteiger partial charge in [-0.1, -0.05) is 5.16 Å². The molecule has 1 N–H and O–H groups in total. The second-order valence-electron chi connectivity index (χ2n) is 5.08. The highest BCUT2D eigenvalue weighted by Crippen LogP contribution is 2.19. The molecule has 1 saturated heterocycles.